The number of hydrogen-bond acceptors (Lipinski definition) is 5. The minimum Gasteiger partial charge on any atom is -0.482 e. The Balaban J connectivity index is 1.72. The van der Waals surface area contributed by atoms with Gasteiger partial charge in [0.1, 0.15) is 5.75 Å². The summed E-state index contributed by atoms with van der Waals surface area (Å²) >= 11 is 1.59. The third-order valence-electron chi connectivity index (χ3n) is 4.21. The Kier molecular flexibility index (Phi) is 4.15. The van der Waals surface area contributed by atoms with Crippen LogP contribution in [0.4, 0.5) is 5.69 Å². The summed E-state index contributed by atoms with van der Waals surface area (Å²) in [5.41, 5.74) is 4.05. The van der Waals surface area contributed by atoms with Gasteiger partial charge in [-0.25, -0.2) is 4.98 Å². The zero-order chi connectivity index (χ0) is 18.1. The van der Waals surface area contributed by atoms with E-state index in [0.29, 0.717) is 17.9 Å². The van der Waals surface area contributed by atoms with Gasteiger partial charge in [0, 0.05) is 10.9 Å². The summed E-state index contributed by atoms with van der Waals surface area (Å²) in [5.74, 6) is 0.572. The van der Waals surface area contributed by atoms with Gasteiger partial charge in [-0.1, -0.05) is 12.1 Å². The molecule has 1 aliphatic heterocycles. The molecule has 2 aromatic carbocycles. The standard InChI is InChI=1S/C20H15N3O2S/c1-13-22-17(12-26-13)16-5-6-19-18(8-16)23(20(24)11-25-19)10-15-4-2-3-14(7-15)9-21/h2-8,12H,10-11H2,1H3. The lowest BCUT2D eigenvalue weighted by Gasteiger charge is -2.30. The van der Waals surface area contributed by atoms with Crippen LogP contribution in [0, 0.1) is 18.3 Å². The molecule has 6 heteroatoms. The lowest BCUT2D eigenvalue weighted by atomic mass is 10.1. The second kappa shape index (κ2) is 6.62. The first-order chi connectivity index (χ1) is 12.6. The van der Waals surface area contributed by atoms with Crippen molar-refractivity contribution < 1.29 is 9.53 Å². The number of carbonyl (C=O) groups is 1. The monoisotopic (exact) mass is 361 g/mol. The molecule has 1 aromatic heterocycles. The van der Waals surface area contributed by atoms with Crippen LogP contribution in [0.25, 0.3) is 11.3 Å². The summed E-state index contributed by atoms with van der Waals surface area (Å²) in [6.07, 6.45) is 0. The summed E-state index contributed by atoms with van der Waals surface area (Å²) in [7, 11) is 0. The van der Waals surface area contributed by atoms with Crippen LogP contribution in [0.1, 0.15) is 16.1 Å². The van der Waals surface area contributed by atoms with Crippen LogP contribution < -0.4 is 9.64 Å². The molecule has 0 unspecified atom stereocenters. The quantitative estimate of drug-likeness (QED) is 0.709. The van der Waals surface area contributed by atoms with Crippen molar-refractivity contribution in [2.24, 2.45) is 0 Å². The fraction of sp³-hybridized carbons (Fsp3) is 0.150. The van der Waals surface area contributed by atoms with E-state index in [1.165, 1.54) is 0 Å². The molecule has 0 N–H and O–H groups in total. The normalized spacial score (nSPS) is 13.1. The number of aryl methyl sites for hydroxylation is 1. The SMILES string of the molecule is Cc1nc(-c2ccc3c(c2)N(Cc2cccc(C#N)c2)C(=O)CO3)cs1. The molecule has 1 amide bonds. The predicted molar refractivity (Wildman–Crippen MR) is 100 cm³/mol. The molecule has 3 aromatic rings. The van der Waals surface area contributed by atoms with E-state index in [1.807, 2.05) is 42.6 Å². The number of hydrogen-bond donors (Lipinski definition) is 0. The van der Waals surface area contributed by atoms with Gasteiger partial charge in [-0.2, -0.15) is 5.26 Å². The molecular weight excluding hydrogens is 346 g/mol. The van der Waals surface area contributed by atoms with Gasteiger partial charge in [-0.3, -0.25) is 4.79 Å². The molecule has 5 nitrogen and oxygen atoms in total. The maximum Gasteiger partial charge on any atom is 0.265 e. The Hall–Kier alpha value is -3.17. The number of aromatic nitrogens is 1. The zero-order valence-corrected chi connectivity index (χ0v) is 14.9. The number of carbonyl (C=O) groups excluding carboxylic acids is 1. The van der Waals surface area contributed by atoms with Crippen LogP contribution in [-0.2, 0) is 11.3 Å². The average Bonchev–Trinajstić information content (AvgIpc) is 3.10. The number of rotatable bonds is 3. The molecule has 0 aliphatic carbocycles. The second-order valence-corrected chi connectivity index (χ2v) is 7.08. The van der Waals surface area contributed by atoms with Crippen LogP contribution in [0.5, 0.6) is 5.75 Å². The van der Waals surface area contributed by atoms with Crippen LogP contribution in [0.15, 0.2) is 47.8 Å². The van der Waals surface area contributed by atoms with Crippen molar-refractivity contribution in [2.45, 2.75) is 13.5 Å². The van der Waals surface area contributed by atoms with E-state index >= 15 is 0 Å². The van der Waals surface area contributed by atoms with Crippen molar-refractivity contribution in [3.8, 4) is 23.1 Å². The maximum absolute atomic E-state index is 12.5. The minimum atomic E-state index is -0.105. The lowest BCUT2D eigenvalue weighted by Crippen LogP contribution is -2.38. The summed E-state index contributed by atoms with van der Waals surface area (Å²) in [4.78, 5) is 18.7. The Labute approximate surface area is 155 Å². The largest absolute Gasteiger partial charge is 0.482 e. The molecule has 0 radical (unpaired) electrons. The maximum atomic E-state index is 12.5. The highest BCUT2D eigenvalue weighted by molar-refractivity contribution is 7.09. The van der Waals surface area contributed by atoms with E-state index in [9.17, 15) is 4.79 Å². The van der Waals surface area contributed by atoms with E-state index in [1.54, 1.807) is 28.4 Å². The van der Waals surface area contributed by atoms with Crippen LogP contribution in [0.2, 0.25) is 0 Å². The summed E-state index contributed by atoms with van der Waals surface area (Å²) < 4.78 is 5.58. The number of thiazole rings is 1. The van der Waals surface area contributed by atoms with E-state index in [-0.39, 0.29) is 12.5 Å². The van der Waals surface area contributed by atoms with Crippen LogP contribution in [-0.4, -0.2) is 17.5 Å². The van der Waals surface area contributed by atoms with Crippen molar-refractivity contribution >= 4 is 22.9 Å². The van der Waals surface area contributed by atoms with Crippen molar-refractivity contribution in [2.75, 3.05) is 11.5 Å². The third-order valence-corrected chi connectivity index (χ3v) is 4.99. The molecular formula is C20H15N3O2S. The average molecular weight is 361 g/mol. The lowest BCUT2D eigenvalue weighted by molar-refractivity contribution is -0.121. The molecule has 128 valence electrons. The number of anilines is 1. The molecule has 0 fully saturated rings. The Morgan fingerprint density at radius 1 is 1.31 bits per heavy atom. The van der Waals surface area contributed by atoms with E-state index in [4.69, 9.17) is 10.00 Å². The molecule has 0 saturated carbocycles. The fourth-order valence-electron chi connectivity index (χ4n) is 2.95. The van der Waals surface area contributed by atoms with Crippen molar-refractivity contribution in [3.05, 3.63) is 64.0 Å². The van der Waals surface area contributed by atoms with Gasteiger partial charge < -0.3 is 9.64 Å². The second-order valence-electron chi connectivity index (χ2n) is 6.02. The molecule has 4 rings (SSSR count). The summed E-state index contributed by atoms with van der Waals surface area (Å²) in [5, 5.41) is 12.1. The van der Waals surface area contributed by atoms with Gasteiger partial charge in [0.15, 0.2) is 6.61 Å². The summed E-state index contributed by atoms with van der Waals surface area (Å²) in [6, 6.07) is 15.2. The molecule has 0 atom stereocenters. The van der Waals surface area contributed by atoms with Crippen molar-refractivity contribution in [3.63, 3.8) is 0 Å². The van der Waals surface area contributed by atoms with E-state index in [0.717, 1.165) is 27.5 Å². The minimum absolute atomic E-state index is 0.0140. The highest BCUT2D eigenvalue weighted by Gasteiger charge is 2.26. The topological polar surface area (TPSA) is 66.2 Å². The van der Waals surface area contributed by atoms with Gasteiger partial charge in [0.05, 0.1) is 34.6 Å². The van der Waals surface area contributed by atoms with Gasteiger partial charge in [0.25, 0.3) is 5.91 Å². The number of amides is 1. The Morgan fingerprint density at radius 2 is 2.19 bits per heavy atom. The first-order valence-electron chi connectivity index (χ1n) is 8.13. The molecule has 0 spiro atoms. The predicted octanol–water partition coefficient (Wildman–Crippen LogP) is 3.92. The first kappa shape index (κ1) is 16.3. The number of fused-ring (bicyclic) bond motifs is 1. The highest BCUT2D eigenvalue weighted by atomic mass is 32.1. The molecule has 1 aliphatic rings. The van der Waals surface area contributed by atoms with Crippen LogP contribution >= 0.6 is 11.3 Å². The fourth-order valence-corrected chi connectivity index (χ4v) is 3.57. The van der Waals surface area contributed by atoms with Crippen molar-refractivity contribution in [1.29, 1.82) is 5.26 Å². The number of nitriles is 1. The van der Waals surface area contributed by atoms with E-state index in [2.05, 4.69) is 11.1 Å². The molecule has 0 saturated heterocycles. The van der Waals surface area contributed by atoms with E-state index < -0.39 is 0 Å². The third kappa shape index (κ3) is 3.05. The number of ether oxygens (including phenoxy) is 1. The number of benzene rings is 2. The van der Waals surface area contributed by atoms with Gasteiger partial charge in [0.2, 0.25) is 0 Å². The first-order valence-corrected chi connectivity index (χ1v) is 9.01. The van der Waals surface area contributed by atoms with Crippen molar-refractivity contribution in [1.82, 2.24) is 4.98 Å². The molecule has 26 heavy (non-hydrogen) atoms. The molecule has 0 bridgehead atoms. The van der Waals surface area contributed by atoms with Crippen LogP contribution in [0.3, 0.4) is 0 Å². The Bertz CT molecular complexity index is 1040. The Morgan fingerprint density at radius 3 is 2.96 bits per heavy atom. The smallest absolute Gasteiger partial charge is 0.265 e. The zero-order valence-electron chi connectivity index (χ0n) is 14.1. The number of nitrogens with zero attached hydrogens (tertiary/aromatic N) is 3. The van der Waals surface area contributed by atoms with Gasteiger partial charge in [-0.05, 0) is 42.8 Å². The van der Waals surface area contributed by atoms with Gasteiger partial charge >= 0.3 is 0 Å². The summed E-state index contributed by atoms with van der Waals surface area (Å²) in [6.45, 7) is 2.37. The van der Waals surface area contributed by atoms with Gasteiger partial charge in [-0.15, -0.1) is 11.3 Å². The molecule has 2 heterocycles. The highest BCUT2D eigenvalue weighted by Crippen LogP contribution is 2.37.